The lowest BCUT2D eigenvalue weighted by Crippen LogP contribution is -2.14. The highest BCUT2D eigenvalue weighted by atomic mass is 35.5. The van der Waals surface area contributed by atoms with Crippen molar-refractivity contribution in [2.45, 2.75) is 18.7 Å². The Morgan fingerprint density at radius 2 is 1.95 bits per heavy atom. The molecule has 1 heterocycles. The summed E-state index contributed by atoms with van der Waals surface area (Å²) in [6, 6.07) is 6.52. The van der Waals surface area contributed by atoms with Crippen LogP contribution in [0.5, 0.6) is 0 Å². The zero-order valence-electron chi connectivity index (χ0n) is 10.5. The highest BCUT2D eigenvalue weighted by Gasteiger charge is 2.18. The highest BCUT2D eigenvalue weighted by Crippen LogP contribution is 2.25. The average Bonchev–Trinajstić information content (AvgIpc) is 2.34. The number of hydrogen-bond donors (Lipinski definition) is 1. The molecule has 1 N–H and O–H groups in total. The molecule has 2 rings (SSSR count). The lowest BCUT2D eigenvalue weighted by molar-refractivity contribution is 0.600. The van der Waals surface area contributed by atoms with Gasteiger partial charge < -0.3 is 0 Å². The molecule has 1 aromatic carbocycles. The number of aryl methyl sites for hydroxylation is 2. The minimum atomic E-state index is -3.63. The Morgan fingerprint density at radius 3 is 2.58 bits per heavy atom. The van der Waals surface area contributed by atoms with Gasteiger partial charge in [0.05, 0.1) is 16.8 Å². The first kappa shape index (κ1) is 13.8. The molecule has 0 saturated carbocycles. The Morgan fingerprint density at radius 1 is 1.21 bits per heavy atom. The molecule has 19 heavy (non-hydrogen) atoms. The number of sulfonamides is 1. The summed E-state index contributed by atoms with van der Waals surface area (Å²) in [4.78, 5) is 4.09. The van der Waals surface area contributed by atoms with E-state index in [0.29, 0.717) is 16.3 Å². The zero-order valence-corrected chi connectivity index (χ0v) is 12.1. The van der Waals surface area contributed by atoms with E-state index in [1.807, 2.05) is 0 Å². The van der Waals surface area contributed by atoms with Gasteiger partial charge >= 0.3 is 0 Å². The maximum atomic E-state index is 12.3. The van der Waals surface area contributed by atoms with Gasteiger partial charge in [0.15, 0.2) is 0 Å². The molecule has 0 aliphatic rings. The van der Waals surface area contributed by atoms with Gasteiger partial charge in [-0.05, 0) is 49.2 Å². The normalized spacial score (nSPS) is 11.3. The molecule has 6 heteroatoms. The Balaban J connectivity index is 2.43. The van der Waals surface area contributed by atoms with Gasteiger partial charge in [-0.3, -0.25) is 9.71 Å². The van der Waals surface area contributed by atoms with Crippen molar-refractivity contribution < 1.29 is 8.42 Å². The molecule has 0 unspecified atom stereocenters. The van der Waals surface area contributed by atoms with Crippen molar-refractivity contribution in [3.63, 3.8) is 0 Å². The summed E-state index contributed by atoms with van der Waals surface area (Å²) in [6.07, 6.45) is 3.03. The highest BCUT2D eigenvalue weighted by molar-refractivity contribution is 7.92. The molecular formula is C13H13ClN2O2S. The topological polar surface area (TPSA) is 59.1 Å². The Kier molecular flexibility index (Phi) is 3.78. The summed E-state index contributed by atoms with van der Waals surface area (Å²) in [6.45, 7) is 3.48. The van der Waals surface area contributed by atoms with Crippen LogP contribution in [0.1, 0.15) is 11.1 Å². The number of rotatable bonds is 3. The van der Waals surface area contributed by atoms with E-state index >= 15 is 0 Å². The smallest absolute Gasteiger partial charge is 0.262 e. The SMILES string of the molecule is Cc1cc(S(=O)(=O)Nc2cccnc2)c(C)cc1Cl. The second-order valence-corrected chi connectivity index (χ2v) is 6.27. The fourth-order valence-corrected chi connectivity index (χ4v) is 3.25. The molecule has 2 aromatic rings. The van der Waals surface area contributed by atoms with Crippen molar-refractivity contribution in [3.05, 3.63) is 52.8 Å². The summed E-state index contributed by atoms with van der Waals surface area (Å²) in [7, 11) is -3.63. The summed E-state index contributed by atoms with van der Waals surface area (Å²) in [5, 5.41) is 0.554. The molecule has 0 aliphatic carbocycles. The van der Waals surface area contributed by atoms with E-state index in [1.165, 1.54) is 6.20 Å². The number of nitrogens with one attached hydrogen (secondary N) is 1. The van der Waals surface area contributed by atoms with Crippen LogP contribution >= 0.6 is 11.6 Å². The minimum Gasteiger partial charge on any atom is -0.278 e. The van der Waals surface area contributed by atoms with Crippen molar-refractivity contribution in [1.29, 1.82) is 0 Å². The maximum absolute atomic E-state index is 12.3. The van der Waals surface area contributed by atoms with Crippen LogP contribution in [-0.2, 0) is 10.0 Å². The van der Waals surface area contributed by atoms with Gasteiger partial charge in [0.1, 0.15) is 0 Å². The summed E-state index contributed by atoms with van der Waals surface area (Å²) in [5.74, 6) is 0. The third-order valence-electron chi connectivity index (χ3n) is 2.66. The molecule has 0 spiro atoms. The van der Waals surface area contributed by atoms with Crippen LogP contribution in [0, 0.1) is 13.8 Å². The summed E-state index contributed by atoms with van der Waals surface area (Å²) in [5.41, 5.74) is 1.75. The standard InChI is InChI=1S/C13H13ClN2O2S/c1-9-7-13(10(2)6-12(9)14)19(17,18)16-11-4-3-5-15-8-11/h3-8,16H,1-2H3. The van der Waals surface area contributed by atoms with E-state index in [1.54, 1.807) is 44.3 Å². The number of halogens is 1. The third kappa shape index (κ3) is 3.05. The van der Waals surface area contributed by atoms with Crippen LogP contribution < -0.4 is 4.72 Å². The largest absolute Gasteiger partial charge is 0.278 e. The van der Waals surface area contributed by atoms with E-state index in [9.17, 15) is 8.42 Å². The van der Waals surface area contributed by atoms with Gasteiger partial charge in [-0.25, -0.2) is 8.42 Å². The molecule has 0 bridgehead atoms. The van der Waals surface area contributed by atoms with E-state index < -0.39 is 10.0 Å². The number of aromatic nitrogens is 1. The molecule has 0 saturated heterocycles. The molecule has 0 aliphatic heterocycles. The van der Waals surface area contributed by atoms with Crippen molar-refractivity contribution in [1.82, 2.24) is 4.98 Å². The van der Waals surface area contributed by atoms with Crippen LogP contribution in [0.15, 0.2) is 41.6 Å². The zero-order chi connectivity index (χ0) is 14.0. The quantitative estimate of drug-likeness (QED) is 0.946. The molecule has 4 nitrogen and oxygen atoms in total. The Labute approximate surface area is 117 Å². The second kappa shape index (κ2) is 5.19. The van der Waals surface area contributed by atoms with Gasteiger partial charge in [-0.15, -0.1) is 0 Å². The fraction of sp³-hybridized carbons (Fsp3) is 0.154. The van der Waals surface area contributed by atoms with Crippen molar-refractivity contribution in [2.24, 2.45) is 0 Å². The van der Waals surface area contributed by atoms with Crippen molar-refractivity contribution in [3.8, 4) is 0 Å². The molecular weight excluding hydrogens is 284 g/mol. The monoisotopic (exact) mass is 296 g/mol. The van der Waals surface area contributed by atoms with Gasteiger partial charge in [-0.1, -0.05) is 11.6 Å². The van der Waals surface area contributed by atoms with Crippen molar-refractivity contribution in [2.75, 3.05) is 4.72 Å². The van der Waals surface area contributed by atoms with Crippen LogP contribution in [0.4, 0.5) is 5.69 Å². The van der Waals surface area contributed by atoms with Crippen LogP contribution in [0.3, 0.4) is 0 Å². The third-order valence-corrected chi connectivity index (χ3v) is 4.59. The van der Waals surface area contributed by atoms with Gasteiger partial charge in [0, 0.05) is 11.2 Å². The first-order chi connectivity index (χ1) is 8.90. The Bertz CT molecular complexity index is 700. The second-order valence-electron chi connectivity index (χ2n) is 4.21. The van der Waals surface area contributed by atoms with Gasteiger partial charge in [0.25, 0.3) is 10.0 Å². The van der Waals surface area contributed by atoms with E-state index in [4.69, 9.17) is 11.6 Å². The predicted molar refractivity (Wildman–Crippen MR) is 76.0 cm³/mol. The minimum absolute atomic E-state index is 0.221. The Hall–Kier alpha value is -1.59. The number of hydrogen-bond acceptors (Lipinski definition) is 3. The van der Waals surface area contributed by atoms with Crippen LogP contribution in [0.25, 0.3) is 0 Å². The van der Waals surface area contributed by atoms with Gasteiger partial charge in [0.2, 0.25) is 0 Å². The lowest BCUT2D eigenvalue weighted by Gasteiger charge is -2.11. The van der Waals surface area contributed by atoms with Crippen LogP contribution in [-0.4, -0.2) is 13.4 Å². The molecule has 0 fully saturated rings. The number of pyridine rings is 1. The van der Waals surface area contributed by atoms with Crippen molar-refractivity contribution >= 4 is 27.3 Å². The van der Waals surface area contributed by atoms with E-state index in [2.05, 4.69) is 9.71 Å². The predicted octanol–water partition coefficient (Wildman–Crippen LogP) is 3.15. The number of nitrogens with zero attached hydrogens (tertiary/aromatic N) is 1. The molecule has 0 amide bonds. The first-order valence-electron chi connectivity index (χ1n) is 5.60. The molecule has 1 aromatic heterocycles. The van der Waals surface area contributed by atoms with Gasteiger partial charge in [-0.2, -0.15) is 0 Å². The van der Waals surface area contributed by atoms with Crippen LogP contribution in [0.2, 0.25) is 5.02 Å². The molecule has 100 valence electrons. The number of benzene rings is 1. The lowest BCUT2D eigenvalue weighted by atomic mass is 10.2. The fourth-order valence-electron chi connectivity index (χ4n) is 1.68. The van der Waals surface area contributed by atoms with E-state index in [0.717, 1.165) is 5.56 Å². The molecule has 0 atom stereocenters. The maximum Gasteiger partial charge on any atom is 0.262 e. The summed E-state index contributed by atoms with van der Waals surface area (Å²) >= 11 is 5.97. The molecule has 0 radical (unpaired) electrons. The average molecular weight is 297 g/mol. The first-order valence-corrected chi connectivity index (χ1v) is 7.46. The van der Waals surface area contributed by atoms with E-state index in [-0.39, 0.29) is 4.90 Å². The summed E-state index contributed by atoms with van der Waals surface area (Å²) < 4.78 is 27.1. The number of anilines is 1.